The molecule has 0 aliphatic carbocycles. The molecule has 0 radical (unpaired) electrons. The van der Waals surface area contributed by atoms with Gasteiger partial charge in [-0.2, -0.15) is 13.2 Å². The van der Waals surface area contributed by atoms with Crippen molar-refractivity contribution in [2.45, 2.75) is 53.3 Å². The van der Waals surface area contributed by atoms with Gasteiger partial charge < -0.3 is 14.5 Å². The minimum absolute atomic E-state index is 0.0349. The zero-order valence-corrected chi connectivity index (χ0v) is 22.7. The van der Waals surface area contributed by atoms with Crippen LogP contribution in [0.4, 0.5) is 22.0 Å². The number of hydrogen-bond acceptors (Lipinski definition) is 4. The SMILES string of the molecule is C/C=C(\N=C(c1cc(F)c(-c2nc3cc(C)ccn3c2CC2CNCCO2)c(F)c1)C(C)C(C)C)C(F)(F)F. The Labute approximate surface area is 224 Å². The van der Waals surface area contributed by atoms with Gasteiger partial charge in [0.1, 0.15) is 23.0 Å². The summed E-state index contributed by atoms with van der Waals surface area (Å²) >= 11 is 0. The zero-order valence-electron chi connectivity index (χ0n) is 22.7. The fourth-order valence-corrected chi connectivity index (χ4v) is 4.67. The van der Waals surface area contributed by atoms with E-state index in [0.717, 1.165) is 30.3 Å². The molecule has 3 heterocycles. The van der Waals surface area contributed by atoms with Crippen molar-refractivity contribution in [2.75, 3.05) is 19.7 Å². The van der Waals surface area contributed by atoms with Gasteiger partial charge in [0.05, 0.1) is 35.4 Å². The molecule has 0 amide bonds. The molecule has 1 aliphatic rings. The number of aryl methyl sites for hydroxylation is 1. The lowest BCUT2D eigenvalue weighted by molar-refractivity contribution is -0.0924. The van der Waals surface area contributed by atoms with E-state index in [9.17, 15) is 13.2 Å². The van der Waals surface area contributed by atoms with Crippen LogP contribution in [0.15, 0.2) is 47.2 Å². The number of alkyl halides is 3. The Morgan fingerprint density at radius 2 is 1.90 bits per heavy atom. The van der Waals surface area contributed by atoms with E-state index >= 15 is 8.78 Å². The van der Waals surface area contributed by atoms with Crippen molar-refractivity contribution in [3.05, 3.63) is 70.7 Å². The van der Waals surface area contributed by atoms with Crippen LogP contribution in [0.2, 0.25) is 0 Å². The Hall–Kier alpha value is -3.11. The first-order valence-electron chi connectivity index (χ1n) is 13.0. The van der Waals surface area contributed by atoms with Crippen LogP contribution in [0.25, 0.3) is 16.9 Å². The van der Waals surface area contributed by atoms with Gasteiger partial charge in [-0.15, -0.1) is 0 Å². The summed E-state index contributed by atoms with van der Waals surface area (Å²) in [5, 5.41) is 3.26. The standard InChI is InChI=1S/C29H33F5N4O/c1-6-24(29(32,33)34)36-27(18(5)16(2)3)19-12-21(30)26(22(31)13-19)28-23(14-20-15-35-8-10-39-20)38-9-7-17(4)11-25(38)37-28/h6-7,9,11-13,16,18,20,35H,8,10,14-15H2,1-5H3/b24-6-,36-27?. The lowest BCUT2D eigenvalue weighted by atomic mass is 9.88. The monoisotopic (exact) mass is 548 g/mol. The van der Waals surface area contributed by atoms with E-state index in [1.165, 1.54) is 6.92 Å². The first-order chi connectivity index (χ1) is 18.4. The summed E-state index contributed by atoms with van der Waals surface area (Å²) < 4.78 is 79.8. The van der Waals surface area contributed by atoms with Crippen molar-refractivity contribution < 1.29 is 26.7 Å². The quantitative estimate of drug-likeness (QED) is 0.265. The highest BCUT2D eigenvalue weighted by molar-refractivity contribution is 6.03. The molecule has 1 aromatic carbocycles. The molecule has 210 valence electrons. The Kier molecular flexibility index (Phi) is 8.56. The van der Waals surface area contributed by atoms with E-state index in [4.69, 9.17) is 4.74 Å². The number of benzene rings is 1. The maximum atomic E-state index is 15.8. The van der Waals surface area contributed by atoms with Crippen LogP contribution in [-0.4, -0.2) is 47.1 Å². The molecule has 1 fully saturated rings. The topological polar surface area (TPSA) is 50.9 Å². The van der Waals surface area contributed by atoms with E-state index in [2.05, 4.69) is 15.3 Å². The van der Waals surface area contributed by atoms with Crippen LogP contribution in [0.5, 0.6) is 0 Å². The molecular formula is C29H33F5N4O. The fraction of sp³-hybridized carbons (Fsp3) is 0.448. The van der Waals surface area contributed by atoms with E-state index in [1.807, 2.05) is 39.1 Å². The van der Waals surface area contributed by atoms with Gasteiger partial charge in [0.2, 0.25) is 0 Å². The lowest BCUT2D eigenvalue weighted by Gasteiger charge is -2.24. The number of pyridine rings is 1. The van der Waals surface area contributed by atoms with Crippen LogP contribution in [-0.2, 0) is 11.2 Å². The Bertz CT molecular complexity index is 1380. The van der Waals surface area contributed by atoms with Crippen molar-refractivity contribution in [3.8, 4) is 11.3 Å². The largest absolute Gasteiger partial charge is 0.433 e. The number of morpholine rings is 1. The van der Waals surface area contributed by atoms with Crippen LogP contribution < -0.4 is 5.32 Å². The van der Waals surface area contributed by atoms with Crippen LogP contribution in [0.1, 0.15) is 44.5 Å². The number of rotatable bonds is 7. The van der Waals surface area contributed by atoms with E-state index in [0.29, 0.717) is 30.9 Å². The van der Waals surface area contributed by atoms with E-state index < -0.39 is 29.4 Å². The average molecular weight is 549 g/mol. The first kappa shape index (κ1) is 28.9. The van der Waals surface area contributed by atoms with Gasteiger partial charge in [0, 0.05) is 37.2 Å². The van der Waals surface area contributed by atoms with Gasteiger partial charge in [-0.1, -0.05) is 26.8 Å². The molecule has 2 aromatic heterocycles. The smallest absolute Gasteiger partial charge is 0.375 e. The summed E-state index contributed by atoms with van der Waals surface area (Å²) in [4.78, 5) is 8.44. The van der Waals surface area contributed by atoms with Gasteiger partial charge in [-0.05, 0) is 49.6 Å². The van der Waals surface area contributed by atoms with Crippen molar-refractivity contribution in [1.29, 1.82) is 0 Å². The highest BCUT2D eigenvalue weighted by atomic mass is 19.4. The normalized spacial score (nSPS) is 18.3. The van der Waals surface area contributed by atoms with E-state index in [1.54, 1.807) is 11.3 Å². The van der Waals surface area contributed by atoms with Crippen LogP contribution in [0, 0.1) is 30.4 Å². The predicted octanol–water partition coefficient (Wildman–Crippen LogP) is 6.67. The molecule has 1 N–H and O–H groups in total. The number of allylic oxidation sites excluding steroid dienone is 2. The van der Waals surface area contributed by atoms with Gasteiger partial charge >= 0.3 is 6.18 Å². The molecule has 2 unspecified atom stereocenters. The zero-order chi connectivity index (χ0) is 28.5. The van der Waals surface area contributed by atoms with Gasteiger partial charge in [0.15, 0.2) is 0 Å². The third kappa shape index (κ3) is 6.22. The average Bonchev–Trinajstić information content (AvgIpc) is 3.20. The van der Waals surface area contributed by atoms with Crippen molar-refractivity contribution in [2.24, 2.45) is 16.8 Å². The lowest BCUT2D eigenvalue weighted by Crippen LogP contribution is -2.39. The van der Waals surface area contributed by atoms with Crippen molar-refractivity contribution in [3.63, 3.8) is 0 Å². The molecular weight excluding hydrogens is 515 g/mol. The maximum Gasteiger partial charge on any atom is 0.433 e. The summed E-state index contributed by atoms with van der Waals surface area (Å²) in [5.41, 5.74) is 0.659. The molecule has 10 heteroatoms. The summed E-state index contributed by atoms with van der Waals surface area (Å²) in [5.74, 6) is -2.48. The minimum atomic E-state index is -4.70. The summed E-state index contributed by atoms with van der Waals surface area (Å²) in [7, 11) is 0. The third-order valence-electron chi connectivity index (χ3n) is 7.12. The molecule has 1 saturated heterocycles. The molecule has 0 saturated carbocycles. The molecule has 39 heavy (non-hydrogen) atoms. The molecule has 5 nitrogen and oxygen atoms in total. The predicted molar refractivity (Wildman–Crippen MR) is 142 cm³/mol. The van der Waals surface area contributed by atoms with Gasteiger partial charge in [0.25, 0.3) is 0 Å². The second-order valence-corrected chi connectivity index (χ2v) is 10.3. The number of nitrogens with zero attached hydrogens (tertiary/aromatic N) is 3. The van der Waals surface area contributed by atoms with Crippen molar-refractivity contribution in [1.82, 2.24) is 14.7 Å². The number of imidazole rings is 1. The highest BCUT2D eigenvalue weighted by Crippen LogP contribution is 2.34. The van der Waals surface area contributed by atoms with Gasteiger partial charge in [-0.3, -0.25) is 0 Å². The third-order valence-corrected chi connectivity index (χ3v) is 7.12. The fourth-order valence-electron chi connectivity index (χ4n) is 4.67. The van der Waals surface area contributed by atoms with E-state index in [-0.39, 0.29) is 34.6 Å². The maximum absolute atomic E-state index is 15.8. The molecule has 2 atom stereocenters. The summed E-state index contributed by atoms with van der Waals surface area (Å²) in [6.07, 6.45) is -1.90. The second kappa shape index (κ2) is 11.6. The molecule has 4 rings (SSSR count). The second-order valence-electron chi connectivity index (χ2n) is 10.3. The first-order valence-corrected chi connectivity index (χ1v) is 13.0. The summed E-state index contributed by atoms with van der Waals surface area (Å²) in [6.45, 7) is 10.3. The number of aliphatic imine (C=N–C) groups is 1. The Morgan fingerprint density at radius 3 is 2.46 bits per heavy atom. The molecule has 1 aliphatic heterocycles. The summed E-state index contributed by atoms with van der Waals surface area (Å²) in [6, 6.07) is 5.81. The molecule has 0 spiro atoms. The van der Waals surface area contributed by atoms with Gasteiger partial charge in [-0.25, -0.2) is 18.8 Å². The number of hydrogen-bond donors (Lipinski definition) is 1. The van der Waals surface area contributed by atoms with Crippen molar-refractivity contribution >= 4 is 11.4 Å². The van der Waals surface area contributed by atoms with Crippen LogP contribution >= 0.6 is 0 Å². The number of aromatic nitrogens is 2. The number of ether oxygens (including phenoxy) is 1. The highest BCUT2D eigenvalue weighted by Gasteiger charge is 2.34. The Morgan fingerprint density at radius 1 is 1.21 bits per heavy atom. The molecule has 3 aromatic rings. The number of halogens is 5. The molecule has 0 bridgehead atoms. The Balaban J connectivity index is 1.87. The van der Waals surface area contributed by atoms with Crippen LogP contribution in [0.3, 0.4) is 0 Å². The number of nitrogens with one attached hydrogen (secondary N) is 1. The number of fused-ring (bicyclic) bond motifs is 1. The minimum Gasteiger partial charge on any atom is -0.375 e.